The summed E-state index contributed by atoms with van der Waals surface area (Å²) in [6, 6.07) is 12.7. The van der Waals surface area contributed by atoms with Gasteiger partial charge in [-0.25, -0.2) is 9.69 Å². The molecule has 0 radical (unpaired) electrons. The van der Waals surface area contributed by atoms with Crippen molar-refractivity contribution in [3.8, 4) is 5.75 Å². The molecule has 27 heavy (non-hydrogen) atoms. The zero-order valence-corrected chi connectivity index (χ0v) is 15.1. The van der Waals surface area contributed by atoms with Crippen molar-refractivity contribution in [2.24, 2.45) is 0 Å². The van der Waals surface area contributed by atoms with Crippen LogP contribution in [-0.4, -0.2) is 37.5 Å². The van der Waals surface area contributed by atoms with Crippen LogP contribution in [0.1, 0.15) is 23.7 Å². The highest BCUT2D eigenvalue weighted by molar-refractivity contribution is 6.23. The van der Waals surface area contributed by atoms with Gasteiger partial charge in [-0.1, -0.05) is 0 Å². The average Bonchev–Trinajstić information content (AvgIpc) is 2.96. The average molecular weight is 368 g/mol. The molecule has 140 valence electrons. The first-order valence-corrected chi connectivity index (χ1v) is 8.58. The molecule has 3 rings (SSSR count). The molecule has 1 N–H and O–H groups in total. The van der Waals surface area contributed by atoms with Gasteiger partial charge in [-0.15, -0.1) is 0 Å². The SMILES string of the molecule is CCOC(=O)c1ccc(N2C(=O)CC(Nc3ccc(OC)cc3)C2=O)cc1. The highest BCUT2D eigenvalue weighted by atomic mass is 16.5. The van der Waals surface area contributed by atoms with Crippen LogP contribution in [0.2, 0.25) is 0 Å². The minimum absolute atomic E-state index is 0.0600. The number of methoxy groups -OCH3 is 1. The third-order valence-corrected chi connectivity index (χ3v) is 4.21. The van der Waals surface area contributed by atoms with E-state index in [1.54, 1.807) is 50.4 Å². The highest BCUT2D eigenvalue weighted by Gasteiger charge is 2.39. The number of nitrogens with zero attached hydrogens (tertiary/aromatic N) is 1. The van der Waals surface area contributed by atoms with Crippen molar-refractivity contribution in [1.29, 1.82) is 0 Å². The van der Waals surface area contributed by atoms with E-state index in [0.717, 1.165) is 10.6 Å². The molecule has 2 amide bonds. The van der Waals surface area contributed by atoms with Crippen LogP contribution in [0.5, 0.6) is 5.75 Å². The molecule has 0 aliphatic carbocycles. The molecule has 1 unspecified atom stereocenters. The van der Waals surface area contributed by atoms with Crippen molar-refractivity contribution < 1.29 is 23.9 Å². The standard InChI is InChI=1S/C20H20N2O5/c1-3-27-20(25)13-4-8-15(9-5-13)22-18(23)12-17(19(22)24)21-14-6-10-16(26-2)11-7-14/h4-11,17,21H,3,12H2,1-2H3. The van der Waals surface area contributed by atoms with Crippen molar-refractivity contribution in [1.82, 2.24) is 0 Å². The van der Waals surface area contributed by atoms with Crippen LogP contribution in [0.25, 0.3) is 0 Å². The summed E-state index contributed by atoms with van der Waals surface area (Å²) in [5, 5.41) is 3.08. The third kappa shape index (κ3) is 3.92. The monoisotopic (exact) mass is 368 g/mol. The molecule has 7 nitrogen and oxygen atoms in total. The Labute approximate surface area is 156 Å². The summed E-state index contributed by atoms with van der Waals surface area (Å²) < 4.78 is 10.0. The number of benzene rings is 2. The Kier molecular flexibility index (Phi) is 5.40. The van der Waals surface area contributed by atoms with Crippen LogP contribution in [-0.2, 0) is 14.3 Å². The lowest BCUT2D eigenvalue weighted by atomic mass is 10.2. The number of ether oxygens (including phenoxy) is 2. The number of hydrogen-bond donors (Lipinski definition) is 1. The van der Waals surface area contributed by atoms with Crippen LogP contribution < -0.4 is 15.0 Å². The quantitative estimate of drug-likeness (QED) is 0.623. The maximum atomic E-state index is 12.7. The summed E-state index contributed by atoms with van der Waals surface area (Å²) in [5.41, 5.74) is 1.52. The fourth-order valence-corrected chi connectivity index (χ4v) is 2.87. The van der Waals surface area contributed by atoms with Gasteiger partial charge in [0.2, 0.25) is 5.91 Å². The van der Waals surface area contributed by atoms with Gasteiger partial charge in [0.15, 0.2) is 0 Å². The number of anilines is 2. The van der Waals surface area contributed by atoms with Gasteiger partial charge in [-0.2, -0.15) is 0 Å². The van der Waals surface area contributed by atoms with Gasteiger partial charge >= 0.3 is 5.97 Å². The van der Waals surface area contributed by atoms with Gasteiger partial charge in [-0.3, -0.25) is 9.59 Å². The van der Waals surface area contributed by atoms with E-state index >= 15 is 0 Å². The van der Waals surface area contributed by atoms with E-state index < -0.39 is 12.0 Å². The summed E-state index contributed by atoms with van der Waals surface area (Å²) in [4.78, 5) is 37.9. The second-order valence-electron chi connectivity index (χ2n) is 5.96. The number of esters is 1. The molecule has 0 saturated carbocycles. The fourth-order valence-electron chi connectivity index (χ4n) is 2.87. The predicted molar refractivity (Wildman–Crippen MR) is 99.9 cm³/mol. The molecule has 1 aliphatic heterocycles. The third-order valence-electron chi connectivity index (χ3n) is 4.21. The van der Waals surface area contributed by atoms with Crippen LogP contribution in [0.3, 0.4) is 0 Å². The number of imide groups is 1. The second kappa shape index (κ2) is 7.90. The van der Waals surface area contributed by atoms with Crippen molar-refractivity contribution in [3.05, 3.63) is 54.1 Å². The molecule has 1 aliphatic rings. The number of amides is 2. The van der Waals surface area contributed by atoms with Gasteiger partial charge in [0.25, 0.3) is 5.91 Å². The molecule has 0 aromatic heterocycles. The van der Waals surface area contributed by atoms with Crippen LogP contribution in [0, 0.1) is 0 Å². The molecule has 1 saturated heterocycles. The Morgan fingerprint density at radius 3 is 2.37 bits per heavy atom. The zero-order valence-electron chi connectivity index (χ0n) is 15.1. The molecule has 2 aromatic carbocycles. The lowest BCUT2D eigenvalue weighted by Crippen LogP contribution is -2.34. The number of carbonyl (C=O) groups excluding carboxylic acids is 3. The first-order valence-electron chi connectivity index (χ1n) is 8.58. The lowest BCUT2D eigenvalue weighted by Gasteiger charge is -2.16. The predicted octanol–water partition coefficient (Wildman–Crippen LogP) is 2.62. The summed E-state index contributed by atoms with van der Waals surface area (Å²) in [5.74, 6) is -0.366. The largest absolute Gasteiger partial charge is 0.497 e. The normalized spacial score (nSPS) is 16.4. The van der Waals surface area contributed by atoms with E-state index in [2.05, 4.69) is 5.32 Å². The molecule has 0 spiro atoms. The Morgan fingerprint density at radius 2 is 1.78 bits per heavy atom. The van der Waals surface area contributed by atoms with E-state index in [1.165, 1.54) is 12.1 Å². The Morgan fingerprint density at radius 1 is 1.11 bits per heavy atom. The van der Waals surface area contributed by atoms with Crippen molar-refractivity contribution in [2.45, 2.75) is 19.4 Å². The van der Waals surface area contributed by atoms with E-state index in [-0.39, 0.29) is 24.8 Å². The van der Waals surface area contributed by atoms with Gasteiger partial charge in [0.05, 0.1) is 31.4 Å². The minimum atomic E-state index is -0.643. The smallest absolute Gasteiger partial charge is 0.338 e. The van der Waals surface area contributed by atoms with Gasteiger partial charge in [-0.05, 0) is 55.5 Å². The van der Waals surface area contributed by atoms with E-state index in [4.69, 9.17) is 9.47 Å². The van der Waals surface area contributed by atoms with Gasteiger partial charge < -0.3 is 14.8 Å². The topological polar surface area (TPSA) is 84.9 Å². The lowest BCUT2D eigenvalue weighted by molar-refractivity contribution is -0.121. The first kappa shape index (κ1) is 18.4. The second-order valence-corrected chi connectivity index (χ2v) is 5.96. The molecular weight excluding hydrogens is 348 g/mol. The number of carbonyl (C=O) groups is 3. The number of rotatable bonds is 6. The van der Waals surface area contributed by atoms with Crippen LogP contribution >= 0.6 is 0 Å². The summed E-state index contributed by atoms with van der Waals surface area (Å²) in [6.07, 6.45) is 0.0600. The van der Waals surface area contributed by atoms with Gasteiger partial charge in [0.1, 0.15) is 11.8 Å². The molecule has 0 bridgehead atoms. The maximum absolute atomic E-state index is 12.7. The van der Waals surface area contributed by atoms with E-state index in [1.807, 2.05) is 0 Å². The number of nitrogens with one attached hydrogen (secondary N) is 1. The summed E-state index contributed by atoms with van der Waals surface area (Å²) >= 11 is 0. The first-order chi connectivity index (χ1) is 13.0. The molecule has 1 atom stereocenters. The van der Waals surface area contributed by atoms with Crippen molar-refractivity contribution >= 4 is 29.2 Å². The van der Waals surface area contributed by atoms with Crippen molar-refractivity contribution in [2.75, 3.05) is 23.9 Å². The summed E-state index contributed by atoms with van der Waals surface area (Å²) in [7, 11) is 1.58. The highest BCUT2D eigenvalue weighted by Crippen LogP contribution is 2.26. The molecule has 7 heteroatoms. The molecule has 1 heterocycles. The fraction of sp³-hybridized carbons (Fsp3) is 0.250. The van der Waals surface area contributed by atoms with Crippen LogP contribution in [0.15, 0.2) is 48.5 Å². The minimum Gasteiger partial charge on any atom is -0.497 e. The molecule has 1 fully saturated rings. The Bertz CT molecular complexity index is 846. The van der Waals surface area contributed by atoms with Gasteiger partial charge in [0, 0.05) is 5.69 Å². The molecule has 2 aromatic rings. The zero-order chi connectivity index (χ0) is 19.4. The van der Waals surface area contributed by atoms with E-state index in [0.29, 0.717) is 17.0 Å². The Hall–Kier alpha value is -3.35. The van der Waals surface area contributed by atoms with Crippen LogP contribution in [0.4, 0.5) is 11.4 Å². The number of hydrogen-bond acceptors (Lipinski definition) is 6. The summed E-state index contributed by atoms with van der Waals surface area (Å²) in [6.45, 7) is 2.01. The maximum Gasteiger partial charge on any atom is 0.338 e. The molecular formula is C20H20N2O5. The van der Waals surface area contributed by atoms with E-state index in [9.17, 15) is 14.4 Å². The van der Waals surface area contributed by atoms with Crippen molar-refractivity contribution in [3.63, 3.8) is 0 Å². The Balaban J connectivity index is 1.72.